The lowest BCUT2D eigenvalue weighted by Crippen LogP contribution is -2.12. The van der Waals surface area contributed by atoms with Crippen molar-refractivity contribution in [1.29, 1.82) is 0 Å². The van der Waals surface area contributed by atoms with Crippen LogP contribution in [0.2, 0.25) is 15.1 Å². The number of hydrogen-bond donors (Lipinski definition) is 0. The molecule has 0 spiro atoms. The van der Waals surface area contributed by atoms with E-state index in [2.05, 4.69) is 0 Å². The third kappa shape index (κ3) is 5.39. The molecule has 0 N–H and O–H groups in total. The summed E-state index contributed by atoms with van der Waals surface area (Å²) < 4.78 is 4.90. The first-order valence-corrected chi connectivity index (χ1v) is 7.68. The summed E-state index contributed by atoms with van der Waals surface area (Å²) in [7, 11) is 0. The normalized spacial score (nSPS) is 10.7. The molecule has 0 aliphatic rings. The Kier molecular flexibility index (Phi) is 6.22. The van der Waals surface area contributed by atoms with Crippen LogP contribution in [0.5, 0.6) is 0 Å². The van der Waals surface area contributed by atoms with Gasteiger partial charge in [-0.15, -0.1) is 0 Å². The van der Waals surface area contributed by atoms with Gasteiger partial charge in [0.15, 0.2) is 12.4 Å². The molecule has 0 radical (unpaired) electrons. The Morgan fingerprint density at radius 2 is 1.61 bits per heavy atom. The van der Waals surface area contributed by atoms with Gasteiger partial charge < -0.3 is 4.74 Å². The summed E-state index contributed by atoms with van der Waals surface area (Å²) in [5.74, 6) is -0.953. The van der Waals surface area contributed by atoms with E-state index in [-0.39, 0.29) is 12.4 Å². The van der Waals surface area contributed by atoms with Crippen LogP contribution in [0.1, 0.15) is 15.9 Å². The molecule has 0 saturated carbocycles. The van der Waals surface area contributed by atoms with Crippen molar-refractivity contribution < 1.29 is 14.3 Å². The van der Waals surface area contributed by atoms with Gasteiger partial charge in [0, 0.05) is 26.7 Å². The first-order chi connectivity index (χ1) is 11.0. The Hall–Kier alpha value is -1.81. The minimum Gasteiger partial charge on any atom is -0.454 e. The molecule has 118 valence electrons. The zero-order chi connectivity index (χ0) is 16.8. The molecule has 23 heavy (non-hydrogen) atoms. The predicted octanol–water partition coefficient (Wildman–Crippen LogP) is 5.09. The topological polar surface area (TPSA) is 43.4 Å². The third-order valence-electron chi connectivity index (χ3n) is 2.87. The lowest BCUT2D eigenvalue weighted by atomic mass is 10.1. The second-order valence-electron chi connectivity index (χ2n) is 4.54. The number of ether oxygens (including phenoxy) is 1. The predicted molar refractivity (Wildman–Crippen MR) is 92.2 cm³/mol. The summed E-state index contributed by atoms with van der Waals surface area (Å²) in [5.41, 5.74) is 1.05. The summed E-state index contributed by atoms with van der Waals surface area (Å²) in [5, 5.41) is 1.45. The van der Waals surface area contributed by atoms with Crippen LogP contribution in [-0.4, -0.2) is 18.4 Å². The maximum atomic E-state index is 11.8. The van der Waals surface area contributed by atoms with Gasteiger partial charge in [0.05, 0.1) is 0 Å². The van der Waals surface area contributed by atoms with Crippen molar-refractivity contribution in [2.24, 2.45) is 0 Å². The SMILES string of the molecule is O=C(/C=C/c1ccc(Cl)cc1Cl)OCC(=O)c1ccc(Cl)cc1. The van der Waals surface area contributed by atoms with Gasteiger partial charge in [-0.25, -0.2) is 4.79 Å². The van der Waals surface area contributed by atoms with Crippen LogP contribution in [0, 0.1) is 0 Å². The largest absolute Gasteiger partial charge is 0.454 e. The van der Waals surface area contributed by atoms with Crippen molar-refractivity contribution in [2.75, 3.05) is 6.61 Å². The Labute approximate surface area is 148 Å². The molecule has 0 unspecified atom stereocenters. The lowest BCUT2D eigenvalue weighted by Gasteiger charge is -2.02. The number of hydrogen-bond acceptors (Lipinski definition) is 3. The zero-order valence-corrected chi connectivity index (χ0v) is 14.0. The van der Waals surface area contributed by atoms with E-state index in [1.807, 2.05) is 0 Å². The number of carbonyl (C=O) groups excluding carboxylic acids is 2. The maximum Gasteiger partial charge on any atom is 0.331 e. The molecule has 0 aliphatic heterocycles. The highest BCUT2D eigenvalue weighted by atomic mass is 35.5. The van der Waals surface area contributed by atoms with E-state index >= 15 is 0 Å². The van der Waals surface area contributed by atoms with Crippen LogP contribution >= 0.6 is 34.8 Å². The second-order valence-corrected chi connectivity index (χ2v) is 5.82. The number of halogens is 3. The summed E-state index contributed by atoms with van der Waals surface area (Å²) in [6.45, 7) is -0.348. The lowest BCUT2D eigenvalue weighted by molar-refractivity contribution is -0.136. The summed E-state index contributed by atoms with van der Waals surface area (Å²) >= 11 is 17.5. The van der Waals surface area contributed by atoms with Gasteiger partial charge in [-0.2, -0.15) is 0 Å². The molecule has 0 heterocycles. The number of ketones is 1. The van der Waals surface area contributed by atoms with E-state index in [4.69, 9.17) is 39.5 Å². The quantitative estimate of drug-likeness (QED) is 0.419. The van der Waals surface area contributed by atoms with Gasteiger partial charge in [0.25, 0.3) is 0 Å². The molecule has 0 saturated heterocycles. The monoisotopic (exact) mass is 368 g/mol. The molecule has 0 atom stereocenters. The third-order valence-corrected chi connectivity index (χ3v) is 3.69. The highest BCUT2D eigenvalue weighted by Crippen LogP contribution is 2.22. The van der Waals surface area contributed by atoms with Crippen LogP contribution in [0.15, 0.2) is 48.5 Å². The Morgan fingerprint density at radius 1 is 0.957 bits per heavy atom. The highest BCUT2D eigenvalue weighted by Gasteiger charge is 2.08. The van der Waals surface area contributed by atoms with E-state index in [0.717, 1.165) is 0 Å². The maximum absolute atomic E-state index is 11.8. The molecule has 2 aromatic carbocycles. The number of rotatable bonds is 5. The fourth-order valence-electron chi connectivity index (χ4n) is 1.70. The van der Waals surface area contributed by atoms with Crippen LogP contribution in [0.4, 0.5) is 0 Å². The number of esters is 1. The van der Waals surface area contributed by atoms with Crippen molar-refractivity contribution >= 4 is 52.6 Å². The molecular weight excluding hydrogens is 359 g/mol. The molecular formula is C17H11Cl3O3. The molecule has 3 nitrogen and oxygen atoms in total. The summed E-state index contributed by atoms with van der Waals surface area (Å²) in [6, 6.07) is 11.2. The van der Waals surface area contributed by atoms with Crippen molar-refractivity contribution in [2.45, 2.75) is 0 Å². The number of Topliss-reactive ketones (excluding diaryl/α,β-unsaturated/α-hetero) is 1. The van der Waals surface area contributed by atoms with Crippen LogP contribution in [0.25, 0.3) is 6.08 Å². The van der Waals surface area contributed by atoms with E-state index in [1.54, 1.807) is 42.5 Å². The van der Waals surface area contributed by atoms with Crippen molar-refractivity contribution in [3.63, 3.8) is 0 Å². The number of carbonyl (C=O) groups is 2. The minimum absolute atomic E-state index is 0.312. The molecule has 0 bridgehead atoms. The van der Waals surface area contributed by atoms with Gasteiger partial charge >= 0.3 is 5.97 Å². The molecule has 2 rings (SSSR count). The fraction of sp³-hybridized carbons (Fsp3) is 0.0588. The van der Waals surface area contributed by atoms with Gasteiger partial charge in [-0.05, 0) is 48.0 Å². The Morgan fingerprint density at radius 3 is 2.26 bits per heavy atom. The van der Waals surface area contributed by atoms with Crippen molar-refractivity contribution in [3.8, 4) is 0 Å². The fourth-order valence-corrected chi connectivity index (χ4v) is 2.30. The molecule has 0 fully saturated rings. The highest BCUT2D eigenvalue weighted by molar-refractivity contribution is 6.35. The minimum atomic E-state index is -0.640. The van der Waals surface area contributed by atoms with Crippen LogP contribution < -0.4 is 0 Å². The van der Waals surface area contributed by atoms with Crippen LogP contribution in [-0.2, 0) is 9.53 Å². The summed E-state index contributed by atoms with van der Waals surface area (Å²) in [4.78, 5) is 23.5. The zero-order valence-electron chi connectivity index (χ0n) is 11.8. The second kappa shape index (κ2) is 8.16. The standard InChI is InChI=1S/C17H11Cl3O3/c18-13-5-2-12(3-6-13)16(21)10-23-17(22)8-4-11-1-7-14(19)9-15(11)20/h1-9H,10H2/b8-4+. The average Bonchev–Trinajstić information content (AvgIpc) is 2.52. The van der Waals surface area contributed by atoms with E-state index in [1.165, 1.54) is 12.2 Å². The van der Waals surface area contributed by atoms with Gasteiger partial charge in [-0.3, -0.25) is 4.79 Å². The van der Waals surface area contributed by atoms with Gasteiger partial charge in [0.1, 0.15) is 0 Å². The Bertz CT molecular complexity index is 752. The van der Waals surface area contributed by atoms with E-state index in [9.17, 15) is 9.59 Å². The average molecular weight is 370 g/mol. The van der Waals surface area contributed by atoms with Crippen LogP contribution in [0.3, 0.4) is 0 Å². The molecule has 0 aliphatic carbocycles. The summed E-state index contributed by atoms with van der Waals surface area (Å²) in [6.07, 6.45) is 2.69. The molecule has 6 heteroatoms. The van der Waals surface area contributed by atoms with Crippen molar-refractivity contribution in [3.05, 3.63) is 74.7 Å². The molecule has 0 aromatic heterocycles. The first kappa shape index (κ1) is 17.5. The van der Waals surface area contributed by atoms with E-state index in [0.29, 0.717) is 26.2 Å². The first-order valence-electron chi connectivity index (χ1n) is 6.54. The smallest absolute Gasteiger partial charge is 0.331 e. The van der Waals surface area contributed by atoms with Crippen molar-refractivity contribution in [1.82, 2.24) is 0 Å². The van der Waals surface area contributed by atoms with E-state index < -0.39 is 5.97 Å². The molecule has 2 aromatic rings. The van der Waals surface area contributed by atoms with Gasteiger partial charge in [-0.1, -0.05) is 40.9 Å². The molecule has 0 amide bonds. The Balaban J connectivity index is 1.90. The van der Waals surface area contributed by atoms with Gasteiger partial charge in [0.2, 0.25) is 0 Å². The number of benzene rings is 2.